The van der Waals surface area contributed by atoms with Gasteiger partial charge in [-0.25, -0.2) is 10.5 Å². The van der Waals surface area contributed by atoms with E-state index in [2.05, 4.69) is 16.0 Å². The molecule has 0 saturated carbocycles. The fraction of sp³-hybridized carbons (Fsp3) is 0.217. The number of carbonyl (C=O) groups is 1. The average molecular weight is 538 g/mol. The van der Waals surface area contributed by atoms with E-state index in [1.807, 2.05) is 4.90 Å². The van der Waals surface area contributed by atoms with Crippen molar-refractivity contribution >= 4 is 57.3 Å². The molecule has 0 aliphatic carbocycles. The number of benzene rings is 1. The molecule has 12 nitrogen and oxygen atoms in total. The van der Waals surface area contributed by atoms with Gasteiger partial charge in [0, 0.05) is 11.4 Å². The second-order valence-electron chi connectivity index (χ2n) is 8.33. The van der Waals surface area contributed by atoms with Crippen LogP contribution in [0.25, 0.3) is 10.9 Å². The van der Waals surface area contributed by atoms with E-state index in [0.717, 1.165) is 17.8 Å². The number of aromatic nitrogens is 4. The Balaban J connectivity index is 1.69. The zero-order chi connectivity index (χ0) is 26.3. The Labute approximate surface area is 218 Å². The summed E-state index contributed by atoms with van der Waals surface area (Å²) in [5.74, 6) is -0.0208. The van der Waals surface area contributed by atoms with Crippen LogP contribution in [0.4, 0.5) is 17.6 Å². The van der Waals surface area contributed by atoms with Gasteiger partial charge in [-0.15, -0.1) is 11.3 Å². The molecule has 1 aromatic carbocycles. The summed E-state index contributed by atoms with van der Waals surface area (Å²) in [5, 5.41) is 19.2. The maximum atomic E-state index is 13.8. The summed E-state index contributed by atoms with van der Waals surface area (Å²) in [6.45, 7) is 0.633. The van der Waals surface area contributed by atoms with E-state index >= 15 is 0 Å². The number of nitrogen functional groups attached to an aromatic ring is 2. The fourth-order valence-electron chi connectivity index (χ4n) is 4.53. The van der Waals surface area contributed by atoms with Crippen LogP contribution in [0.5, 0.6) is 0 Å². The third-order valence-electron chi connectivity index (χ3n) is 6.13. The van der Waals surface area contributed by atoms with Crippen molar-refractivity contribution in [2.75, 3.05) is 22.9 Å². The molecule has 6 N–H and O–H groups in total. The highest BCUT2D eigenvalue weighted by Crippen LogP contribution is 2.38. The molecular weight excluding hydrogens is 518 g/mol. The van der Waals surface area contributed by atoms with E-state index in [0.29, 0.717) is 29.2 Å². The van der Waals surface area contributed by atoms with Gasteiger partial charge in [-0.3, -0.25) is 19.4 Å². The van der Waals surface area contributed by atoms with Crippen LogP contribution < -0.4 is 27.4 Å². The van der Waals surface area contributed by atoms with Crippen molar-refractivity contribution in [2.45, 2.75) is 25.4 Å². The third-order valence-corrected chi connectivity index (χ3v) is 7.52. The first kappa shape index (κ1) is 24.4. The van der Waals surface area contributed by atoms with Gasteiger partial charge in [0.05, 0.1) is 33.4 Å². The minimum atomic E-state index is -0.645. The molecule has 1 atom stereocenters. The van der Waals surface area contributed by atoms with Crippen LogP contribution in [0.3, 0.4) is 0 Å². The quantitative estimate of drug-likeness (QED) is 0.217. The Morgan fingerprint density at radius 1 is 1.27 bits per heavy atom. The fourth-order valence-corrected chi connectivity index (χ4v) is 5.67. The SMILES string of the molecule is N#Cc1c(N)nc(N)nc1N1CCC[C@H]1c1nc2cccc(Cl)c2c(=O)n1Cc1ccc(C(=O)NO)s1. The van der Waals surface area contributed by atoms with Crippen molar-refractivity contribution in [3.8, 4) is 6.07 Å². The minimum absolute atomic E-state index is 0.0282. The molecule has 188 valence electrons. The molecule has 0 spiro atoms. The molecule has 1 fully saturated rings. The zero-order valence-electron chi connectivity index (χ0n) is 19.2. The summed E-state index contributed by atoms with van der Waals surface area (Å²) in [6.07, 6.45) is 1.36. The Morgan fingerprint density at radius 3 is 2.84 bits per heavy atom. The molecule has 1 aliphatic rings. The number of halogens is 1. The number of hydroxylamine groups is 1. The summed E-state index contributed by atoms with van der Waals surface area (Å²) >= 11 is 7.52. The van der Waals surface area contributed by atoms with Gasteiger partial charge in [0.2, 0.25) is 5.95 Å². The van der Waals surface area contributed by atoms with Gasteiger partial charge in [0.25, 0.3) is 11.5 Å². The molecule has 1 aliphatic heterocycles. The number of anilines is 3. The van der Waals surface area contributed by atoms with Crippen LogP contribution in [-0.4, -0.2) is 37.2 Å². The van der Waals surface area contributed by atoms with Crippen molar-refractivity contribution in [1.29, 1.82) is 5.26 Å². The molecule has 1 saturated heterocycles. The standard InChI is InChI=1S/C23H20ClN9O3S/c24-13-3-1-4-14-17(13)22(35)33(10-11-6-7-16(37-11)21(34)31-36)20(28-14)15-5-2-8-32(15)19-12(9-25)18(26)29-23(27)30-19/h1,3-4,6-7,15,36H,2,5,8,10H2,(H,31,34)(H4,26,27,29,30)/t15-/m0/s1. The van der Waals surface area contributed by atoms with Gasteiger partial charge in [0.15, 0.2) is 5.82 Å². The van der Waals surface area contributed by atoms with Crippen LogP contribution in [0.15, 0.2) is 35.1 Å². The number of nitrogens with one attached hydrogen (secondary N) is 1. The lowest BCUT2D eigenvalue weighted by Gasteiger charge is -2.28. The van der Waals surface area contributed by atoms with E-state index in [1.54, 1.807) is 35.8 Å². The highest BCUT2D eigenvalue weighted by atomic mass is 35.5. The monoisotopic (exact) mass is 537 g/mol. The van der Waals surface area contributed by atoms with E-state index < -0.39 is 11.9 Å². The lowest BCUT2D eigenvalue weighted by Crippen LogP contribution is -2.33. The van der Waals surface area contributed by atoms with Gasteiger partial charge < -0.3 is 16.4 Å². The number of hydrogen-bond acceptors (Lipinski definition) is 11. The molecule has 5 rings (SSSR count). The molecular formula is C23H20ClN9O3S. The van der Waals surface area contributed by atoms with Crippen LogP contribution in [-0.2, 0) is 6.54 Å². The van der Waals surface area contributed by atoms with Crippen molar-refractivity contribution in [3.05, 3.63) is 66.9 Å². The van der Waals surface area contributed by atoms with Gasteiger partial charge >= 0.3 is 0 Å². The van der Waals surface area contributed by atoms with Gasteiger partial charge in [-0.1, -0.05) is 17.7 Å². The van der Waals surface area contributed by atoms with Crippen molar-refractivity contribution in [3.63, 3.8) is 0 Å². The number of nitriles is 1. The highest BCUT2D eigenvalue weighted by Gasteiger charge is 2.34. The first-order valence-electron chi connectivity index (χ1n) is 11.1. The first-order valence-corrected chi connectivity index (χ1v) is 12.3. The van der Waals surface area contributed by atoms with E-state index in [9.17, 15) is 14.9 Å². The van der Waals surface area contributed by atoms with Crippen LogP contribution in [0.2, 0.25) is 5.02 Å². The molecule has 1 amide bonds. The first-order chi connectivity index (χ1) is 17.8. The van der Waals surface area contributed by atoms with E-state index in [4.69, 9.17) is 33.3 Å². The van der Waals surface area contributed by atoms with Gasteiger partial charge in [0.1, 0.15) is 23.3 Å². The molecule has 4 aromatic rings. The Hall–Kier alpha value is -4.25. The number of nitrogens with zero attached hydrogens (tertiary/aromatic N) is 6. The smallest absolute Gasteiger partial charge is 0.284 e. The predicted octanol–water partition coefficient (Wildman–Crippen LogP) is 2.45. The summed E-state index contributed by atoms with van der Waals surface area (Å²) in [4.78, 5) is 41.5. The maximum Gasteiger partial charge on any atom is 0.284 e. The van der Waals surface area contributed by atoms with E-state index in [1.165, 1.54) is 4.57 Å². The molecule has 4 heterocycles. The van der Waals surface area contributed by atoms with Crippen LogP contribution in [0.1, 0.15) is 44.8 Å². The van der Waals surface area contributed by atoms with Crippen molar-refractivity contribution in [1.82, 2.24) is 25.0 Å². The molecule has 0 radical (unpaired) electrons. The second kappa shape index (κ2) is 9.66. The number of thiophene rings is 1. The number of hydrogen-bond donors (Lipinski definition) is 4. The number of rotatable bonds is 5. The average Bonchev–Trinajstić information content (AvgIpc) is 3.54. The number of nitrogens with two attached hydrogens (primary N) is 2. The highest BCUT2D eigenvalue weighted by molar-refractivity contribution is 7.14. The summed E-state index contributed by atoms with van der Waals surface area (Å²) in [7, 11) is 0. The molecule has 0 unspecified atom stereocenters. The second-order valence-corrected chi connectivity index (χ2v) is 9.91. The molecule has 3 aromatic heterocycles. The minimum Gasteiger partial charge on any atom is -0.382 e. The maximum absolute atomic E-state index is 13.8. The zero-order valence-corrected chi connectivity index (χ0v) is 20.8. The largest absolute Gasteiger partial charge is 0.382 e. The number of fused-ring (bicyclic) bond motifs is 1. The lowest BCUT2D eigenvalue weighted by molar-refractivity contribution is 0.0711. The van der Waals surface area contributed by atoms with Gasteiger partial charge in [-0.05, 0) is 37.1 Å². The van der Waals surface area contributed by atoms with Gasteiger partial charge in [-0.2, -0.15) is 15.2 Å². The third kappa shape index (κ3) is 4.31. The number of carbonyl (C=O) groups excluding carboxylic acids is 1. The van der Waals surface area contributed by atoms with Crippen LogP contribution >= 0.6 is 22.9 Å². The normalized spacial score (nSPS) is 15.2. The Bertz CT molecular complexity index is 1650. The van der Waals surface area contributed by atoms with Crippen molar-refractivity contribution in [2.24, 2.45) is 0 Å². The lowest BCUT2D eigenvalue weighted by atomic mass is 10.1. The summed E-state index contributed by atoms with van der Waals surface area (Å²) < 4.78 is 1.52. The molecule has 0 bridgehead atoms. The summed E-state index contributed by atoms with van der Waals surface area (Å²) in [6, 6.07) is 9.94. The molecule has 14 heteroatoms. The summed E-state index contributed by atoms with van der Waals surface area (Å²) in [5.41, 5.74) is 13.6. The number of amides is 1. The Kier molecular flexibility index (Phi) is 6.38. The van der Waals surface area contributed by atoms with Crippen molar-refractivity contribution < 1.29 is 10.0 Å². The molecule has 37 heavy (non-hydrogen) atoms. The van der Waals surface area contributed by atoms with Crippen LogP contribution in [0, 0.1) is 11.3 Å². The van der Waals surface area contributed by atoms with E-state index in [-0.39, 0.29) is 50.5 Å². The topological polar surface area (TPSA) is 189 Å². The Morgan fingerprint density at radius 2 is 2.08 bits per heavy atom. The predicted molar refractivity (Wildman–Crippen MR) is 139 cm³/mol.